The number of hydrogen-bond donors (Lipinski definition) is 4. The van der Waals surface area contributed by atoms with Gasteiger partial charge in [-0.1, -0.05) is 12.1 Å². The molecule has 2 aromatic carbocycles. The molecule has 2 saturated carbocycles. The Morgan fingerprint density at radius 2 is 1.75 bits per heavy atom. The van der Waals surface area contributed by atoms with Gasteiger partial charge < -0.3 is 30.5 Å². The highest BCUT2D eigenvalue weighted by atomic mass is 16.7. The number of likely N-dealkylation sites (N-methyl/N-ethyl adjacent to an activating group) is 1. The second kappa shape index (κ2) is 8.68. The van der Waals surface area contributed by atoms with Crippen molar-refractivity contribution in [2.45, 2.75) is 24.2 Å². The highest BCUT2D eigenvalue weighted by molar-refractivity contribution is 6.32. The Morgan fingerprint density at radius 1 is 1.05 bits per heavy atom. The SMILES string of the molecule is CN(C)[C@@H]1C(=O)C(C(N)=O)C(=O)[C@@]2(O)C(=O)C3C(=O)c4c(O)ccc(-c5ccc6c(c5)OCO6)c4C[C@H]3[C@H](O)[C@@H]12. The molecule has 7 atom stereocenters. The first-order valence-corrected chi connectivity index (χ1v) is 12.7. The third kappa shape index (κ3) is 3.26. The van der Waals surface area contributed by atoms with Gasteiger partial charge in [0, 0.05) is 5.92 Å². The Kier molecular flexibility index (Phi) is 5.67. The average Bonchev–Trinajstić information content (AvgIpc) is 3.36. The number of aliphatic hydroxyl groups excluding tert-OH is 1. The zero-order valence-electron chi connectivity index (χ0n) is 21.5. The number of aliphatic hydroxyl groups is 2. The number of benzene rings is 2. The van der Waals surface area contributed by atoms with Crippen molar-refractivity contribution in [1.82, 2.24) is 4.90 Å². The number of aromatic hydroxyl groups is 1. The van der Waals surface area contributed by atoms with Gasteiger partial charge in [0.05, 0.1) is 29.5 Å². The molecule has 0 saturated heterocycles. The van der Waals surface area contributed by atoms with Crippen LogP contribution in [0.3, 0.4) is 0 Å². The Bertz CT molecular complexity index is 1530. The van der Waals surface area contributed by atoms with E-state index in [1.165, 1.54) is 25.1 Å². The summed E-state index contributed by atoms with van der Waals surface area (Å²) in [6, 6.07) is 6.61. The Labute approximate surface area is 227 Å². The summed E-state index contributed by atoms with van der Waals surface area (Å²) < 4.78 is 10.8. The van der Waals surface area contributed by atoms with E-state index in [-0.39, 0.29) is 18.8 Å². The van der Waals surface area contributed by atoms with Gasteiger partial charge >= 0.3 is 0 Å². The first-order chi connectivity index (χ1) is 18.9. The molecule has 6 rings (SSSR count). The topological polar surface area (TPSA) is 194 Å². The number of phenolic OH excluding ortho intramolecular Hbond substituents is 1. The van der Waals surface area contributed by atoms with Crippen LogP contribution in [-0.2, 0) is 25.6 Å². The minimum atomic E-state index is -3.03. The van der Waals surface area contributed by atoms with Crippen LogP contribution in [0.5, 0.6) is 17.2 Å². The Morgan fingerprint density at radius 3 is 2.42 bits per heavy atom. The van der Waals surface area contributed by atoms with Crippen molar-refractivity contribution in [1.29, 1.82) is 0 Å². The lowest BCUT2D eigenvalue weighted by Gasteiger charge is -2.54. The summed E-state index contributed by atoms with van der Waals surface area (Å²) in [7, 11) is 2.88. The number of fused-ring (bicyclic) bond motifs is 4. The number of hydrogen-bond acceptors (Lipinski definition) is 11. The van der Waals surface area contributed by atoms with E-state index >= 15 is 0 Å². The predicted octanol–water partition coefficient (Wildman–Crippen LogP) is -0.766. The molecule has 0 aromatic heterocycles. The van der Waals surface area contributed by atoms with Crippen molar-refractivity contribution >= 4 is 29.0 Å². The predicted molar refractivity (Wildman–Crippen MR) is 134 cm³/mol. The Hall–Kier alpha value is -4.13. The summed E-state index contributed by atoms with van der Waals surface area (Å²) in [6.07, 6.45) is -1.78. The molecule has 4 aliphatic rings. The number of phenols is 1. The van der Waals surface area contributed by atoms with Crippen LogP contribution in [0.2, 0.25) is 0 Å². The van der Waals surface area contributed by atoms with Gasteiger partial charge in [-0.2, -0.15) is 0 Å². The number of rotatable bonds is 3. The molecule has 1 heterocycles. The second-order valence-corrected chi connectivity index (χ2v) is 10.9. The summed E-state index contributed by atoms with van der Waals surface area (Å²) in [5.74, 6) is -11.9. The van der Waals surface area contributed by atoms with Gasteiger partial charge in [-0.3, -0.25) is 28.9 Å². The zero-order valence-corrected chi connectivity index (χ0v) is 21.5. The minimum Gasteiger partial charge on any atom is -0.507 e. The number of primary amides is 1. The molecule has 2 fully saturated rings. The van der Waals surface area contributed by atoms with Gasteiger partial charge in [0.2, 0.25) is 12.7 Å². The maximum absolute atomic E-state index is 13.9. The molecule has 2 aromatic rings. The number of carbonyl (C=O) groups is 5. The lowest BCUT2D eigenvalue weighted by Crippen LogP contribution is -2.77. The number of amides is 1. The van der Waals surface area contributed by atoms with Gasteiger partial charge in [-0.05, 0) is 55.4 Å². The van der Waals surface area contributed by atoms with E-state index in [2.05, 4.69) is 0 Å². The van der Waals surface area contributed by atoms with E-state index in [0.29, 0.717) is 28.2 Å². The quantitative estimate of drug-likeness (QED) is 0.351. The molecular formula is C28H26N2O10. The van der Waals surface area contributed by atoms with Crippen molar-refractivity contribution in [3.8, 4) is 28.4 Å². The second-order valence-electron chi connectivity index (χ2n) is 10.9. The van der Waals surface area contributed by atoms with Crippen molar-refractivity contribution in [2.75, 3.05) is 20.9 Å². The van der Waals surface area contributed by atoms with E-state index in [1.54, 1.807) is 24.3 Å². The van der Waals surface area contributed by atoms with Gasteiger partial charge in [-0.25, -0.2) is 0 Å². The van der Waals surface area contributed by atoms with E-state index in [4.69, 9.17) is 15.2 Å². The summed E-state index contributed by atoms with van der Waals surface area (Å²) >= 11 is 0. The molecule has 0 bridgehead atoms. The molecular weight excluding hydrogens is 524 g/mol. The summed E-state index contributed by atoms with van der Waals surface area (Å²) in [4.78, 5) is 67.9. The molecule has 208 valence electrons. The van der Waals surface area contributed by atoms with Crippen molar-refractivity contribution < 1.29 is 48.8 Å². The van der Waals surface area contributed by atoms with Crippen LogP contribution < -0.4 is 15.2 Å². The lowest BCUT2D eigenvalue weighted by molar-refractivity contribution is -0.195. The zero-order chi connectivity index (χ0) is 28.8. The van der Waals surface area contributed by atoms with E-state index in [0.717, 1.165) is 0 Å². The van der Waals surface area contributed by atoms with Crippen LogP contribution in [0.1, 0.15) is 15.9 Å². The molecule has 1 amide bonds. The fraction of sp³-hybridized carbons (Fsp3) is 0.393. The third-order valence-electron chi connectivity index (χ3n) is 8.71. The van der Waals surface area contributed by atoms with E-state index in [9.17, 15) is 39.3 Å². The van der Waals surface area contributed by atoms with Crippen LogP contribution in [-0.4, -0.2) is 87.9 Å². The smallest absolute Gasteiger partial charge is 0.235 e. The van der Waals surface area contributed by atoms with Gasteiger partial charge in [0.1, 0.15) is 5.75 Å². The molecule has 0 radical (unpaired) electrons. The molecule has 0 spiro atoms. The molecule has 1 aliphatic heterocycles. The summed E-state index contributed by atoms with van der Waals surface area (Å²) in [5.41, 5.74) is 3.63. The largest absolute Gasteiger partial charge is 0.507 e. The van der Waals surface area contributed by atoms with Crippen LogP contribution in [0.4, 0.5) is 0 Å². The number of ketones is 4. The molecule has 3 aliphatic carbocycles. The van der Waals surface area contributed by atoms with Gasteiger partial charge in [0.15, 0.2) is 46.2 Å². The fourth-order valence-electron chi connectivity index (χ4n) is 6.95. The number of nitrogens with zero attached hydrogens (tertiary/aromatic N) is 1. The lowest BCUT2D eigenvalue weighted by atomic mass is 9.51. The molecule has 40 heavy (non-hydrogen) atoms. The molecule has 5 N–H and O–H groups in total. The van der Waals surface area contributed by atoms with Crippen LogP contribution in [0.15, 0.2) is 30.3 Å². The van der Waals surface area contributed by atoms with Gasteiger partial charge in [0.25, 0.3) is 0 Å². The number of ether oxygens (including phenoxy) is 2. The van der Waals surface area contributed by atoms with E-state index < -0.39 is 76.2 Å². The highest BCUT2D eigenvalue weighted by Gasteiger charge is 2.72. The standard InChI is InChI=1S/C28H26N2O10/c1-30(2)21-20-22(32)13-8-12-11(10-3-6-15-16(7-10)40-9-39-15)4-5-14(31)17(12)23(33)18(13)25(35)28(20,38)26(36)19(24(21)34)27(29)37/h3-7,13,18-22,31-32,38H,8-9H2,1-2H3,(H2,29,37)/t13-,18?,19?,20-,21+,22+,28+/m1/s1. The third-order valence-corrected chi connectivity index (χ3v) is 8.71. The molecule has 12 heteroatoms. The Balaban J connectivity index is 1.51. The maximum atomic E-state index is 13.9. The minimum absolute atomic E-state index is 0.0500. The van der Waals surface area contributed by atoms with Crippen molar-refractivity contribution in [3.05, 3.63) is 41.5 Å². The number of nitrogens with two attached hydrogens (primary N) is 1. The molecule has 2 unspecified atom stereocenters. The van der Waals surface area contributed by atoms with Crippen LogP contribution in [0.25, 0.3) is 11.1 Å². The monoisotopic (exact) mass is 550 g/mol. The van der Waals surface area contributed by atoms with Crippen LogP contribution >= 0.6 is 0 Å². The number of carbonyl (C=O) groups excluding carboxylic acids is 5. The first-order valence-electron chi connectivity index (χ1n) is 12.7. The first kappa shape index (κ1) is 26.1. The summed E-state index contributed by atoms with van der Waals surface area (Å²) in [6.45, 7) is 0.0500. The number of Topliss-reactive ketones (excluding diaryl/α,β-unsaturated/α-hetero) is 4. The summed E-state index contributed by atoms with van der Waals surface area (Å²) in [5, 5.41) is 34.0. The van der Waals surface area contributed by atoms with Crippen molar-refractivity contribution in [3.63, 3.8) is 0 Å². The van der Waals surface area contributed by atoms with E-state index in [1.807, 2.05) is 0 Å². The fourth-order valence-corrected chi connectivity index (χ4v) is 6.95. The van der Waals surface area contributed by atoms with Crippen molar-refractivity contribution in [2.24, 2.45) is 29.4 Å². The average molecular weight is 551 g/mol. The van der Waals surface area contributed by atoms with Crippen LogP contribution in [0, 0.1) is 23.7 Å². The highest BCUT2D eigenvalue weighted by Crippen LogP contribution is 2.52. The normalized spacial score (nSPS) is 32.5. The van der Waals surface area contributed by atoms with Gasteiger partial charge in [-0.15, -0.1) is 0 Å². The molecule has 12 nitrogen and oxygen atoms in total. The maximum Gasteiger partial charge on any atom is 0.235 e.